The van der Waals surface area contributed by atoms with Crippen LogP contribution in [-0.2, 0) is 12.8 Å². The Morgan fingerprint density at radius 3 is 2.68 bits per heavy atom. The van der Waals surface area contributed by atoms with Crippen LogP contribution in [0.1, 0.15) is 36.6 Å². The van der Waals surface area contributed by atoms with Crippen molar-refractivity contribution in [2.45, 2.75) is 32.6 Å². The molecule has 0 saturated carbocycles. The molecule has 4 aromatic heterocycles. The predicted molar refractivity (Wildman–Crippen MR) is 95.2 cm³/mol. The molecule has 0 amide bonds. The van der Waals surface area contributed by atoms with Crippen LogP contribution in [0.3, 0.4) is 0 Å². The molecule has 6 heteroatoms. The van der Waals surface area contributed by atoms with E-state index in [9.17, 15) is 10.2 Å². The Morgan fingerprint density at radius 1 is 1.04 bits per heavy atom. The number of aromatic nitrogens is 4. The van der Waals surface area contributed by atoms with E-state index < -0.39 is 0 Å². The summed E-state index contributed by atoms with van der Waals surface area (Å²) in [5, 5.41) is 29.1. The first kappa shape index (κ1) is 15.5. The van der Waals surface area contributed by atoms with Crippen LogP contribution in [0, 0.1) is 0 Å². The monoisotopic (exact) mass is 336 g/mol. The van der Waals surface area contributed by atoms with Gasteiger partial charge in [-0.2, -0.15) is 10.2 Å². The summed E-state index contributed by atoms with van der Waals surface area (Å²) >= 11 is 0. The first-order valence-electron chi connectivity index (χ1n) is 8.41. The fourth-order valence-electron chi connectivity index (χ4n) is 3.28. The van der Waals surface area contributed by atoms with Gasteiger partial charge in [0.1, 0.15) is 11.5 Å². The van der Waals surface area contributed by atoms with Gasteiger partial charge in [0.25, 0.3) is 0 Å². The number of fused-ring (bicyclic) bond motifs is 2. The van der Waals surface area contributed by atoms with Gasteiger partial charge in [-0.15, -0.1) is 0 Å². The summed E-state index contributed by atoms with van der Waals surface area (Å²) < 4.78 is 3.47. The van der Waals surface area contributed by atoms with Gasteiger partial charge in [0.05, 0.1) is 22.9 Å². The van der Waals surface area contributed by atoms with Crippen molar-refractivity contribution >= 4 is 11.0 Å². The summed E-state index contributed by atoms with van der Waals surface area (Å²) in [5.74, 6) is 0.618. The Labute approximate surface area is 145 Å². The van der Waals surface area contributed by atoms with Gasteiger partial charge in [-0.05, 0) is 42.5 Å². The summed E-state index contributed by atoms with van der Waals surface area (Å²) in [7, 11) is 0. The van der Waals surface area contributed by atoms with Gasteiger partial charge in [0.15, 0.2) is 0 Å². The van der Waals surface area contributed by atoms with Crippen molar-refractivity contribution in [2.75, 3.05) is 0 Å². The molecular formula is C19H20N4O2. The molecule has 0 spiro atoms. The molecular weight excluding hydrogens is 316 g/mol. The van der Waals surface area contributed by atoms with E-state index in [1.165, 1.54) is 0 Å². The van der Waals surface area contributed by atoms with Crippen LogP contribution < -0.4 is 0 Å². The zero-order valence-corrected chi connectivity index (χ0v) is 14.2. The highest BCUT2D eigenvalue weighted by molar-refractivity contribution is 5.54. The van der Waals surface area contributed by atoms with Gasteiger partial charge in [-0.3, -0.25) is 0 Å². The Kier molecular flexibility index (Phi) is 3.60. The van der Waals surface area contributed by atoms with Crippen LogP contribution in [0.5, 0.6) is 11.5 Å². The standard InChI is InChI=1S/C19H20N4O2/c1-3-13-7-16-8-14(21-23(16)11-19(13)25)6-12(2)17-10-22-15(4-5-20-22)9-18(17)24/h4-5,7-12,24-25H,3,6H2,1-2H3. The predicted octanol–water partition coefficient (Wildman–Crippen LogP) is 3.30. The molecule has 0 bridgehead atoms. The highest BCUT2D eigenvalue weighted by Gasteiger charge is 2.15. The second-order valence-corrected chi connectivity index (χ2v) is 6.46. The van der Waals surface area contributed by atoms with E-state index in [0.29, 0.717) is 6.42 Å². The zero-order chi connectivity index (χ0) is 17.6. The average molecular weight is 336 g/mol. The lowest BCUT2D eigenvalue weighted by atomic mass is 9.96. The fourth-order valence-corrected chi connectivity index (χ4v) is 3.28. The average Bonchev–Trinajstić information content (AvgIpc) is 3.18. The first-order valence-corrected chi connectivity index (χ1v) is 8.41. The van der Waals surface area contributed by atoms with Crippen molar-refractivity contribution in [3.63, 3.8) is 0 Å². The maximum atomic E-state index is 10.3. The van der Waals surface area contributed by atoms with E-state index in [1.807, 2.05) is 31.3 Å². The molecule has 4 aromatic rings. The molecule has 0 aromatic carbocycles. The quantitative estimate of drug-likeness (QED) is 0.599. The van der Waals surface area contributed by atoms with E-state index in [0.717, 1.165) is 34.3 Å². The normalized spacial score (nSPS) is 12.9. The number of nitrogens with zero attached hydrogens (tertiary/aromatic N) is 4. The number of hydrogen-bond donors (Lipinski definition) is 2. The molecule has 0 saturated heterocycles. The molecule has 0 fully saturated rings. The van der Waals surface area contributed by atoms with Gasteiger partial charge in [-0.25, -0.2) is 9.03 Å². The van der Waals surface area contributed by atoms with Crippen molar-refractivity contribution in [1.29, 1.82) is 0 Å². The third-order valence-electron chi connectivity index (χ3n) is 4.68. The zero-order valence-electron chi connectivity index (χ0n) is 14.2. The maximum absolute atomic E-state index is 10.3. The molecule has 0 aliphatic rings. The summed E-state index contributed by atoms with van der Waals surface area (Å²) in [6, 6.07) is 7.57. The largest absolute Gasteiger partial charge is 0.508 e. The van der Waals surface area contributed by atoms with E-state index in [2.05, 4.69) is 17.1 Å². The van der Waals surface area contributed by atoms with Gasteiger partial charge in [-0.1, -0.05) is 13.8 Å². The van der Waals surface area contributed by atoms with Gasteiger partial charge in [0, 0.05) is 24.0 Å². The van der Waals surface area contributed by atoms with Crippen molar-refractivity contribution in [2.24, 2.45) is 0 Å². The van der Waals surface area contributed by atoms with E-state index >= 15 is 0 Å². The third-order valence-corrected chi connectivity index (χ3v) is 4.68. The Morgan fingerprint density at radius 2 is 1.88 bits per heavy atom. The van der Waals surface area contributed by atoms with Crippen LogP contribution in [0.2, 0.25) is 0 Å². The number of aryl methyl sites for hydroxylation is 1. The maximum Gasteiger partial charge on any atom is 0.137 e. The highest BCUT2D eigenvalue weighted by atomic mass is 16.3. The third kappa shape index (κ3) is 2.69. The van der Waals surface area contributed by atoms with Crippen LogP contribution in [0.15, 0.2) is 42.9 Å². The molecule has 1 atom stereocenters. The Bertz CT molecular complexity index is 1060. The number of rotatable bonds is 4. The smallest absolute Gasteiger partial charge is 0.137 e. The lowest BCUT2D eigenvalue weighted by Gasteiger charge is -2.12. The highest BCUT2D eigenvalue weighted by Crippen LogP contribution is 2.30. The van der Waals surface area contributed by atoms with Gasteiger partial charge >= 0.3 is 0 Å². The summed E-state index contributed by atoms with van der Waals surface area (Å²) in [5.41, 5.74) is 4.49. The molecule has 2 N–H and O–H groups in total. The van der Waals surface area contributed by atoms with Crippen molar-refractivity contribution in [3.8, 4) is 11.5 Å². The summed E-state index contributed by atoms with van der Waals surface area (Å²) in [6.45, 7) is 4.07. The van der Waals surface area contributed by atoms with Crippen molar-refractivity contribution < 1.29 is 10.2 Å². The minimum absolute atomic E-state index is 0.0813. The van der Waals surface area contributed by atoms with E-state index in [4.69, 9.17) is 0 Å². The second-order valence-electron chi connectivity index (χ2n) is 6.46. The molecule has 4 rings (SSSR count). The lowest BCUT2D eigenvalue weighted by molar-refractivity contribution is 0.461. The summed E-state index contributed by atoms with van der Waals surface area (Å²) in [4.78, 5) is 0. The minimum atomic E-state index is 0.0813. The van der Waals surface area contributed by atoms with Crippen molar-refractivity contribution in [1.82, 2.24) is 19.2 Å². The van der Waals surface area contributed by atoms with Crippen LogP contribution in [0.4, 0.5) is 0 Å². The van der Waals surface area contributed by atoms with Crippen LogP contribution >= 0.6 is 0 Å². The van der Waals surface area contributed by atoms with E-state index in [-0.39, 0.29) is 17.4 Å². The molecule has 0 aliphatic heterocycles. The Hall–Kier alpha value is -3.02. The molecule has 6 nitrogen and oxygen atoms in total. The SMILES string of the molecule is CCc1cc2cc(CC(C)c3cn4nccc4cc3O)nn2cc1O. The van der Waals surface area contributed by atoms with Crippen molar-refractivity contribution in [3.05, 3.63) is 59.7 Å². The van der Waals surface area contributed by atoms with Gasteiger partial charge in [0.2, 0.25) is 0 Å². The Balaban J connectivity index is 1.66. The molecule has 25 heavy (non-hydrogen) atoms. The minimum Gasteiger partial charge on any atom is -0.508 e. The molecule has 128 valence electrons. The number of aromatic hydroxyl groups is 2. The molecule has 4 heterocycles. The lowest BCUT2D eigenvalue weighted by Crippen LogP contribution is -2.02. The molecule has 1 unspecified atom stereocenters. The molecule has 0 aliphatic carbocycles. The van der Waals surface area contributed by atoms with Crippen LogP contribution in [0.25, 0.3) is 11.0 Å². The van der Waals surface area contributed by atoms with E-state index in [1.54, 1.807) is 27.5 Å². The second kappa shape index (κ2) is 5.81. The summed E-state index contributed by atoms with van der Waals surface area (Å²) in [6.07, 6.45) is 6.69. The molecule has 0 radical (unpaired) electrons. The number of pyridine rings is 2. The first-order chi connectivity index (χ1) is 12.0. The van der Waals surface area contributed by atoms with Crippen LogP contribution in [-0.4, -0.2) is 29.4 Å². The fraction of sp³-hybridized carbons (Fsp3) is 0.263. The number of hydrogen-bond acceptors (Lipinski definition) is 4. The van der Waals surface area contributed by atoms with Gasteiger partial charge < -0.3 is 10.2 Å². The topological polar surface area (TPSA) is 75.1 Å².